The van der Waals surface area contributed by atoms with E-state index >= 15 is 0 Å². The quantitative estimate of drug-likeness (QED) is 0.496. The Morgan fingerprint density at radius 3 is 3.00 bits per heavy atom. The van der Waals surface area contributed by atoms with E-state index < -0.39 is 0 Å². The summed E-state index contributed by atoms with van der Waals surface area (Å²) >= 11 is 1.40. The summed E-state index contributed by atoms with van der Waals surface area (Å²) in [7, 11) is 0. The van der Waals surface area contributed by atoms with Gasteiger partial charge in [-0.15, -0.1) is 0 Å². The number of esters is 1. The molecular weight excluding hydrogens is 264 g/mol. The first-order valence-corrected chi connectivity index (χ1v) is 7.11. The third-order valence-electron chi connectivity index (χ3n) is 2.54. The van der Waals surface area contributed by atoms with Gasteiger partial charge in [0.15, 0.2) is 5.65 Å². The van der Waals surface area contributed by atoms with Crippen LogP contribution in [0.15, 0.2) is 17.7 Å². The molecule has 2 rings (SSSR count). The van der Waals surface area contributed by atoms with Crippen molar-refractivity contribution < 1.29 is 9.53 Å². The molecule has 0 aliphatic heterocycles. The number of aromatic nitrogens is 4. The number of thioether (sulfide) groups is 1. The molecule has 19 heavy (non-hydrogen) atoms. The molecule has 0 saturated carbocycles. The summed E-state index contributed by atoms with van der Waals surface area (Å²) < 4.78 is 5.09. The topological polar surface area (TPSA) is 80.8 Å². The fraction of sp³-hybridized carbons (Fsp3) is 0.500. The van der Waals surface area contributed by atoms with Crippen molar-refractivity contribution in [1.29, 1.82) is 0 Å². The van der Waals surface area contributed by atoms with E-state index in [0.29, 0.717) is 12.3 Å². The van der Waals surface area contributed by atoms with Crippen LogP contribution in [-0.4, -0.2) is 37.8 Å². The molecule has 0 fully saturated rings. The highest BCUT2D eigenvalue weighted by molar-refractivity contribution is 8.00. The first-order valence-electron chi connectivity index (χ1n) is 6.23. The van der Waals surface area contributed by atoms with Crippen LogP contribution in [0.2, 0.25) is 0 Å². The lowest BCUT2D eigenvalue weighted by molar-refractivity contribution is -0.142. The van der Waals surface area contributed by atoms with Gasteiger partial charge in [0.1, 0.15) is 22.1 Å². The molecule has 0 aromatic carbocycles. The molecule has 2 aromatic rings. The standard InChI is InChI=1S/C12H16N4O2S/c1-3-5-8(12(17)18-4-2)19-11-9-10(14-6-13-9)15-7-16-11/h6-8H,3-5H2,1-2H3,(H,13,14,15,16)/t8-/m1/s1. The lowest BCUT2D eigenvalue weighted by Gasteiger charge is -2.13. The minimum atomic E-state index is -0.244. The molecule has 0 aliphatic carbocycles. The fourth-order valence-corrected chi connectivity index (χ4v) is 2.85. The second-order valence-corrected chi connectivity index (χ2v) is 5.12. The van der Waals surface area contributed by atoms with E-state index in [1.165, 1.54) is 18.1 Å². The Bertz CT molecular complexity index is 557. The maximum atomic E-state index is 11.9. The van der Waals surface area contributed by atoms with Crippen molar-refractivity contribution in [3.63, 3.8) is 0 Å². The Kier molecular flexibility index (Phi) is 4.73. The van der Waals surface area contributed by atoms with Crippen LogP contribution in [0, 0.1) is 0 Å². The van der Waals surface area contributed by atoms with Crippen molar-refractivity contribution in [2.75, 3.05) is 6.61 Å². The molecule has 2 heterocycles. The number of H-pyrrole nitrogens is 1. The second-order valence-electron chi connectivity index (χ2n) is 3.93. The number of rotatable bonds is 6. The van der Waals surface area contributed by atoms with Gasteiger partial charge in [0, 0.05) is 0 Å². The number of imidazole rings is 1. The van der Waals surface area contributed by atoms with Crippen LogP contribution in [0.5, 0.6) is 0 Å². The molecule has 1 N–H and O–H groups in total. The van der Waals surface area contributed by atoms with Gasteiger partial charge in [-0.1, -0.05) is 25.1 Å². The van der Waals surface area contributed by atoms with Crippen molar-refractivity contribution in [2.24, 2.45) is 0 Å². The number of carbonyl (C=O) groups is 1. The number of nitrogens with zero attached hydrogens (tertiary/aromatic N) is 3. The van der Waals surface area contributed by atoms with Crippen LogP contribution < -0.4 is 0 Å². The van der Waals surface area contributed by atoms with Gasteiger partial charge in [-0.3, -0.25) is 4.79 Å². The summed E-state index contributed by atoms with van der Waals surface area (Å²) in [5.41, 5.74) is 1.37. The first-order chi connectivity index (χ1) is 9.26. The molecule has 2 aromatic heterocycles. The van der Waals surface area contributed by atoms with E-state index in [4.69, 9.17) is 4.74 Å². The van der Waals surface area contributed by atoms with Crippen molar-refractivity contribution >= 4 is 28.9 Å². The van der Waals surface area contributed by atoms with Crippen LogP contribution in [0.25, 0.3) is 11.2 Å². The third kappa shape index (κ3) is 3.23. The number of hydrogen-bond acceptors (Lipinski definition) is 6. The van der Waals surface area contributed by atoms with E-state index in [-0.39, 0.29) is 11.2 Å². The van der Waals surface area contributed by atoms with Crippen LogP contribution in [-0.2, 0) is 9.53 Å². The third-order valence-corrected chi connectivity index (χ3v) is 3.79. The highest BCUT2D eigenvalue weighted by atomic mass is 32.2. The first kappa shape index (κ1) is 13.8. The summed E-state index contributed by atoms with van der Waals surface area (Å²) in [6.07, 6.45) is 4.69. The average molecular weight is 280 g/mol. The Hall–Kier alpha value is -1.63. The molecule has 0 amide bonds. The summed E-state index contributed by atoms with van der Waals surface area (Å²) in [4.78, 5) is 27.2. The molecule has 0 saturated heterocycles. The zero-order valence-corrected chi connectivity index (χ0v) is 11.7. The maximum Gasteiger partial charge on any atom is 0.319 e. The molecule has 102 valence electrons. The van der Waals surface area contributed by atoms with E-state index in [1.807, 2.05) is 13.8 Å². The van der Waals surface area contributed by atoms with Gasteiger partial charge < -0.3 is 9.72 Å². The SMILES string of the molecule is CCC[C@@H](Sc1ncnc2nc[nH]c12)C(=O)OCC. The van der Waals surface area contributed by atoms with Gasteiger partial charge in [0.25, 0.3) is 0 Å². The Labute approximate surface area is 115 Å². The van der Waals surface area contributed by atoms with Gasteiger partial charge in [-0.2, -0.15) is 0 Å². The molecular formula is C12H16N4O2S. The number of carbonyl (C=O) groups excluding carboxylic acids is 1. The Morgan fingerprint density at radius 2 is 2.26 bits per heavy atom. The highest BCUT2D eigenvalue weighted by Crippen LogP contribution is 2.29. The fourth-order valence-electron chi connectivity index (χ4n) is 1.69. The predicted molar refractivity (Wildman–Crippen MR) is 72.9 cm³/mol. The maximum absolute atomic E-state index is 11.9. The minimum absolute atomic E-state index is 0.194. The summed E-state index contributed by atoms with van der Waals surface area (Å²) in [5, 5.41) is 0.486. The number of ether oxygens (including phenoxy) is 1. The normalized spacial score (nSPS) is 12.5. The van der Waals surface area contributed by atoms with Crippen LogP contribution in [0.1, 0.15) is 26.7 Å². The van der Waals surface area contributed by atoms with Gasteiger partial charge in [0.2, 0.25) is 0 Å². The van der Waals surface area contributed by atoms with E-state index in [2.05, 4.69) is 19.9 Å². The average Bonchev–Trinajstić information content (AvgIpc) is 2.87. The second kappa shape index (κ2) is 6.51. The predicted octanol–water partition coefficient (Wildman–Crippen LogP) is 2.18. The van der Waals surface area contributed by atoms with Crippen molar-refractivity contribution in [1.82, 2.24) is 19.9 Å². The largest absolute Gasteiger partial charge is 0.465 e. The van der Waals surface area contributed by atoms with E-state index in [0.717, 1.165) is 23.4 Å². The Morgan fingerprint density at radius 1 is 1.42 bits per heavy atom. The zero-order chi connectivity index (χ0) is 13.7. The number of nitrogens with one attached hydrogen (secondary N) is 1. The summed E-state index contributed by atoms with van der Waals surface area (Å²) in [5.74, 6) is -0.194. The molecule has 0 unspecified atom stereocenters. The van der Waals surface area contributed by atoms with Gasteiger partial charge >= 0.3 is 5.97 Å². The van der Waals surface area contributed by atoms with Crippen LogP contribution in [0.3, 0.4) is 0 Å². The molecule has 0 radical (unpaired) electrons. The van der Waals surface area contributed by atoms with Gasteiger partial charge in [-0.25, -0.2) is 15.0 Å². The van der Waals surface area contributed by atoms with Crippen molar-refractivity contribution in [2.45, 2.75) is 37.0 Å². The molecule has 7 heteroatoms. The highest BCUT2D eigenvalue weighted by Gasteiger charge is 2.22. The lowest BCUT2D eigenvalue weighted by atomic mass is 10.2. The molecule has 0 spiro atoms. The van der Waals surface area contributed by atoms with Crippen LogP contribution in [0.4, 0.5) is 0 Å². The van der Waals surface area contributed by atoms with Crippen molar-refractivity contribution in [3.8, 4) is 0 Å². The number of fused-ring (bicyclic) bond motifs is 1. The van der Waals surface area contributed by atoms with Crippen LogP contribution >= 0.6 is 11.8 Å². The lowest BCUT2D eigenvalue weighted by Crippen LogP contribution is -2.20. The van der Waals surface area contributed by atoms with Gasteiger partial charge in [0.05, 0.1) is 12.9 Å². The smallest absolute Gasteiger partial charge is 0.319 e. The molecule has 1 atom stereocenters. The minimum Gasteiger partial charge on any atom is -0.465 e. The Balaban J connectivity index is 2.20. The van der Waals surface area contributed by atoms with E-state index in [1.54, 1.807) is 6.33 Å². The molecule has 0 aliphatic rings. The number of aromatic amines is 1. The van der Waals surface area contributed by atoms with Crippen molar-refractivity contribution in [3.05, 3.63) is 12.7 Å². The van der Waals surface area contributed by atoms with E-state index in [9.17, 15) is 4.79 Å². The van der Waals surface area contributed by atoms with Gasteiger partial charge in [-0.05, 0) is 13.3 Å². The zero-order valence-electron chi connectivity index (χ0n) is 10.9. The summed E-state index contributed by atoms with van der Waals surface area (Å²) in [6, 6.07) is 0. The summed E-state index contributed by atoms with van der Waals surface area (Å²) in [6.45, 7) is 4.24. The number of hydrogen-bond donors (Lipinski definition) is 1. The molecule has 0 bridgehead atoms. The monoisotopic (exact) mass is 280 g/mol. The molecule has 6 nitrogen and oxygen atoms in total.